The van der Waals surface area contributed by atoms with Crippen LogP contribution in [0, 0.1) is 6.92 Å². The SMILES string of the molecule is CNC1C(=O)Nc2c1ccc1ccc(C)nc21. The van der Waals surface area contributed by atoms with Gasteiger partial charge in [-0.25, -0.2) is 0 Å². The van der Waals surface area contributed by atoms with E-state index in [0.29, 0.717) is 0 Å². The molecule has 0 spiro atoms. The number of aromatic nitrogens is 1. The molecule has 0 saturated heterocycles. The predicted molar refractivity (Wildman–Crippen MR) is 66.9 cm³/mol. The number of amides is 1. The monoisotopic (exact) mass is 227 g/mol. The number of likely N-dealkylation sites (N-methyl/N-ethyl adjacent to an activating group) is 1. The molecule has 0 radical (unpaired) electrons. The van der Waals surface area contributed by atoms with Gasteiger partial charge in [0, 0.05) is 16.6 Å². The van der Waals surface area contributed by atoms with Gasteiger partial charge in [0.1, 0.15) is 6.04 Å². The van der Waals surface area contributed by atoms with E-state index in [4.69, 9.17) is 0 Å². The second kappa shape index (κ2) is 3.53. The number of nitrogens with zero attached hydrogens (tertiary/aromatic N) is 1. The number of hydrogen-bond acceptors (Lipinski definition) is 3. The highest BCUT2D eigenvalue weighted by Crippen LogP contribution is 2.35. The normalized spacial score (nSPS) is 18.2. The van der Waals surface area contributed by atoms with Crippen LogP contribution in [0.1, 0.15) is 17.3 Å². The summed E-state index contributed by atoms with van der Waals surface area (Å²) < 4.78 is 0. The molecule has 2 N–H and O–H groups in total. The molecular formula is C13H13N3O. The summed E-state index contributed by atoms with van der Waals surface area (Å²) in [5, 5.41) is 6.96. The Labute approximate surface area is 99.0 Å². The molecule has 2 aromatic rings. The van der Waals surface area contributed by atoms with E-state index in [1.54, 1.807) is 7.05 Å². The number of rotatable bonds is 1. The number of pyridine rings is 1. The second-order valence-corrected chi connectivity index (χ2v) is 4.27. The maximum atomic E-state index is 11.8. The average molecular weight is 227 g/mol. The molecule has 1 atom stereocenters. The van der Waals surface area contributed by atoms with Crippen molar-refractivity contribution in [2.45, 2.75) is 13.0 Å². The van der Waals surface area contributed by atoms with Crippen molar-refractivity contribution in [3.05, 3.63) is 35.5 Å². The Morgan fingerprint density at radius 1 is 1.29 bits per heavy atom. The van der Waals surface area contributed by atoms with Crippen LogP contribution in [0.3, 0.4) is 0 Å². The summed E-state index contributed by atoms with van der Waals surface area (Å²) in [6.45, 7) is 1.95. The van der Waals surface area contributed by atoms with Crippen molar-refractivity contribution in [3.8, 4) is 0 Å². The third-order valence-corrected chi connectivity index (χ3v) is 3.14. The highest BCUT2D eigenvalue weighted by atomic mass is 16.2. The van der Waals surface area contributed by atoms with Crippen LogP contribution in [0.2, 0.25) is 0 Å². The lowest BCUT2D eigenvalue weighted by atomic mass is 10.1. The number of hydrogen-bond donors (Lipinski definition) is 2. The standard InChI is InChI=1S/C13H13N3O/c1-7-3-4-8-5-6-9-11(10(8)15-7)16-13(17)12(9)14-2/h3-6,12,14H,1-2H3,(H,16,17). The minimum absolute atomic E-state index is 0.0155. The van der Waals surface area contributed by atoms with Crippen LogP contribution in [0.15, 0.2) is 24.3 Å². The largest absolute Gasteiger partial charge is 0.322 e. The van der Waals surface area contributed by atoms with E-state index in [1.165, 1.54) is 0 Å². The van der Waals surface area contributed by atoms with Gasteiger partial charge < -0.3 is 10.6 Å². The Bertz CT molecular complexity index is 621. The number of aryl methyl sites for hydroxylation is 1. The van der Waals surface area contributed by atoms with E-state index < -0.39 is 0 Å². The summed E-state index contributed by atoms with van der Waals surface area (Å²) in [5.74, 6) is -0.0155. The fourth-order valence-corrected chi connectivity index (χ4v) is 2.30. The molecular weight excluding hydrogens is 214 g/mol. The quantitative estimate of drug-likeness (QED) is 0.780. The number of benzene rings is 1. The first kappa shape index (κ1) is 10.2. The van der Waals surface area contributed by atoms with Gasteiger partial charge in [-0.15, -0.1) is 0 Å². The minimum Gasteiger partial charge on any atom is -0.322 e. The summed E-state index contributed by atoms with van der Waals surface area (Å²) in [4.78, 5) is 16.3. The Morgan fingerprint density at radius 3 is 2.82 bits per heavy atom. The van der Waals surface area contributed by atoms with Gasteiger partial charge in [0.25, 0.3) is 0 Å². The lowest BCUT2D eigenvalue weighted by Crippen LogP contribution is -2.23. The van der Waals surface area contributed by atoms with Crippen molar-refractivity contribution in [2.24, 2.45) is 0 Å². The summed E-state index contributed by atoms with van der Waals surface area (Å²) in [6, 6.07) is 7.72. The molecule has 1 aromatic carbocycles. The molecule has 4 heteroatoms. The predicted octanol–water partition coefficient (Wildman–Crippen LogP) is 1.76. The van der Waals surface area contributed by atoms with Gasteiger partial charge in [-0.1, -0.05) is 18.2 Å². The Kier molecular flexibility index (Phi) is 2.12. The van der Waals surface area contributed by atoms with Crippen molar-refractivity contribution >= 4 is 22.5 Å². The fourth-order valence-electron chi connectivity index (χ4n) is 2.30. The van der Waals surface area contributed by atoms with Gasteiger partial charge in [-0.05, 0) is 20.0 Å². The smallest absolute Gasteiger partial charge is 0.246 e. The molecule has 3 rings (SSSR count). The molecule has 0 bridgehead atoms. The number of nitrogens with one attached hydrogen (secondary N) is 2. The molecule has 1 aliphatic heterocycles. The summed E-state index contributed by atoms with van der Waals surface area (Å²) in [7, 11) is 1.78. The summed E-state index contributed by atoms with van der Waals surface area (Å²) >= 11 is 0. The van der Waals surface area contributed by atoms with Gasteiger partial charge in [-0.3, -0.25) is 9.78 Å². The first-order valence-corrected chi connectivity index (χ1v) is 5.59. The van der Waals surface area contributed by atoms with E-state index in [1.807, 2.05) is 31.2 Å². The second-order valence-electron chi connectivity index (χ2n) is 4.27. The molecule has 2 heterocycles. The zero-order chi connectivity index (χ0) is 12.0. The molecule has 4 nitrogen and oxygen atoms in total. The van der Waals surface area contributed by atoms with Gasteiger partial charge >= 0.3 is 0 Å². The lowest BCUT2D eigenvalue weighted by Gasteiger charge is -2.07. The van der Waals surface area contributed by atoms with E-state index in [-0.39, 0.29) is 11.9 Å². The van der Waals surface area contributed by atoms with Crippen molar-refractivity contribution in [2.75, 3.05) is 12.4 Å². The maximum Gasteiger partial charge on any atom is 0.246 e. The lowest BCUT2D eigenvalue weighted by molar-refractivity contribution is -0.117. The number of fused-ring (bicyclic) bond motifs is 3. The van der Waals surface area contributed by atoms with Crippen LogP contribution in [0.4, 0.5) is 5.69 Å². The topological polar surface area (TPSA) is 54.0 Å². The average Bonchev–Trinajstić information content (AvgIpc) is 2.65. The first-order valence-electron chi connectivity index (χ1n) is 5.59. The molecule has 1 aromatic heterocycles. The Morgan fingerprint density at radius 2 is 2.06 bits per heavy atom. The van der Waals surface area contributed by atoms with Gasteiger partial charge in [-0.2, -0.15) is 0 Å². The Balaban J connectivity index is 2.31. The number of carbonyl (C=O) groups is 1. The molecule has 1 unspecified atom stereocenters. The van der Waals surface area contributed by atoms with E-state index >= 15 is 0 Å². The first-order chi connectivity index (χ1) is 8.20. The maximum absolute atomic E-state index is 11.8. The summed E-state index contributed by atoms with van der Waals surface area (Å²) in [5.41, 5.74) is 3.64. The molecule has 1 aliphatic rings. The zero-order valence-electron chi connectivity index (χ0n) is 9.74. The van der Waals surface area contributed by atoms with E-state index in [2.05, 4.69) is 15.6 Å². The van der Waals surface area contributed by atoms with E-state index in [0.717, 1.165) is 27.8 Å². The van der Waals surface area contributed by atoms with Crippen molar-refractivity contribution in [1.29, 1.82) is 0 Å². The number of carbonyl (C=O) groups excluding carboxylic acids is 1. The van der Waals surface area contributed by atoms with Crippen LogP contribution >= 0.6 is 0 Å². The molecule has 0 aliphatic carbocycles. The molecule has 0 fully saturated rings. The Hall–Kier alpha value is -1.94. The molecule has 1 amide bonds. The highest BCUT2D eigenvalue weighted by Gasteiger charge is 2.30. The third kappa shape index (κ3) is 1.41. The molecule has 86 valence electrons. The fraction of sp³-hybridized carbons (Fsp3) is 0.231. The highest BCUT2D eigenvalue weighted by molar-refractivity contribution is 6.10. The van der Waals surface area contributed by atoms with Gasteiger partial charge in [0.05, 0.1) is 11.2 Å². The van der Waals surface area contributed by atoms with Crippen LogP contribution in [-0.2, 0) is 4.79 Å². The van der Waals surface area contributed by atoms with Gasteiger partial charge in [0.2, 0.25) is 5.91 Å². The molecule has 0 saturated carbocycles. The molecule has 17 heavy (non-hydrogen) atoms. The minimum atomic E-state index is -0.267. The number of anilines is 1. The third-order valence-electron chi connectivity index (χ3n) is 3.14. The van der Waals surface area contributed by atoms with E-state index in [9.17, 15) is 4.79 Å². The van der Waals surface area contributed by atoms with Crippen molar-refractivity contribution < 1.29 is 4.79 Å². The van der Waals surface area contributed by atoms with Crippen LogP contribution in [-0.4, -0.2) is 17.9 Å². The van der Waals surface area contributed by atoms with Crippen molar-refractivity contribution in [1.82, 2.24) is 10.3 Å². The van der Waals surface area contributed by atoms with Crippen molar-refractivity contribution in [3.63, 3.8) is 0 Å². The van der Waals surface area contributed by atoms with Gasteiger partial charge in [0.15, 0.2) is 0 Å². The van der Waals surface area contributed by atoms with Crippen LogP contribution < -0.4 is 10.6 Å². The van der Waals surface area contributed by atoms with Crippen LogP contribution in [0.5, 0.6) is 0 Å². The summed E-state index contributed by atoms with van der Waals surface area (Å²) in [6.07, 6.45) is 0. The zero-order valence-corrected chi connectivity index (χ0v) is 9.74. The van der Waals surface area contributed by atoms with Crippen LogP contribution in [0.25, 0.3) is 10.9 Å².